The van der Waals surface area contributed by atoms with Crippen LogP contribution in [0, 0.1) is 19.7 Å². The van der Waals surface area contributed by atoms with Crippen molar-refractivity contribution in [3.63, 3.8) is 0 Å². The van der Waals surface area contributed by atoms with Gasteiger partial charge < -0.3 is 14.6 Å². The van der Waals surface area contributed by atoms with Crippen molar-refractivity contribution in [2.75, 3.05) is 6.61 Å². The minimum atomic E-state index is -0.867. The molecule has 0 amide bonds. The molecule has 1 unspecified atom stereocenters. The molecule has 0 spiro atoms. The number of nitrogens with zero attached hydrogens (tertiary/aromatic N) is 1. The number of pyridine rings is 1. The van der Waals surface area contributed by atoms with Crippen molar-refractivity contribution < 1.29 is 23.8 Å². The van der Waals surface area contributed by atoms with Crippen LogP contribution in [0.2, 0.25) is 5.02 Å². The van der Waals surface area contributed by atoms with E-state index in [-0.39, 0.29) is 12.4 Å². The zero-order valence-electron chi connectivity index (χ0n) is 25.2. The van der Waals surface area contributed by atoms with E-state index in [4.69, 9.17) is 26.2 Å². The Morgan fingerprint density at radius 1 is 1.07 bits per heavy atom. The van der Waals surface area contributed by atoms with Crippen LogP contribution < -0.4 is 4.74 Å². The number of hydrogen-bond acceptors (Lipinski definition) is 4. The highest BCUT2D eigenvalue weighted by Gasteiger charge is 2.14. The van der Waals surface area contributed by atoms with Crippen molar-refractivity contribution in [1.29, 1.82) is 0 Å². The molecule has 2 heterocycles. The van der Waals surface area contributed by atoms with E-state index in [1.54, 1.807) is 30.3 Å². The van der Waals surface area contributed by atoms with Crippen molar-refractivity contribution >= 4 is 17.6 Å². The summed E-state index contributed by atoms with van der Waals surface area (Å²) in [6.45, 7) is 13.1. The smallest absolute Gasteiger partial charge is 0.335 e. The Balaban J connectivity index is 0.000000242. The first-order chi connectivity index (χ1) is 20.5. The summed E-state index contributed by atoms with van der Waals surface area (Å²) in [5.41, 5.74) is 7.07. The van der Waals surface area contributed by atoms with E-state index in [1.807, 2.05) is 51.1 Å². The summed E-state index contributed by atoms with van der Waals surface area (Å²) in [6, 6.07) is 23.4. The number of allylic oxidation sites excluding steroid dienone is 1. The number of aromatic nitrogens is 1. The molecule has 226 valence electrons. The second kappa shape index (κ2) is 16.6. The molecular formula is C36H39ClFNO4. The number of halogens is 2. The number of carbonyl (C=O) groups is 1. The highest BCUT2D eigenvalue weighted by molar-refractivity contribution is 6.30. The molecular weight excluding hydrogens is 565 g/mol. The maximum Gasteiger partial charge on any atom is 0.335 e. The predicted molar refractivity (Wildman–Crippen MR) is 171 cm³/mol. The van der Waals surface area contributed by atoms with Gasteiger partial charge in [0.1, 0.15) is 12.4 Å². The summed E-state index contributed by atoms with van der Waals surface area (Å²) in [5, 5.41) is 8.96. The highest BCUT2D eigenvalue weighted by Crippen LogP contribution is 2.22. The Morgan fingerprint density at radius 2 is 1.79 bits per heavy atom. The summed E-state index contributed by atoms with van der Waals surface area (Å²) < 4.78 is 24.6. The van der Waals surface area contributed by atoms with Crippen molar-refractivity contribution in [3.8, 4) is 17.1 Å². The standard InChI is InChI=1S/C22H19ClFNO.C9H10O2.C5H10O/c1-15(2)12-16-6-8-17(9-7-16)21-4-3-5-22(25-21)26-14-18-10-11-19(23)13-20(18)24;1-6-3-4-8(9(10)11)5-7(6)2;1-2-5-3-4-6-5/h3-11,13H,1,12,14H2,2H3;3-5H,1-2H3,(H,10,11);5H,2-4H2,1H3. The highest BCUT2D eigenvalue weighted by atomic mass is 35.5. The lowest BCUT2D eigenvalue weighted by atomic mass is 10.0. The van der Waals surface area contributed by atoms with Gasteiger partial charge in [0.25, 0.3) is 0 Å². The van der Waals surface area contributed by atoms with Gasteiger partial charge in [0.15, 0.2) is 0 Å². The number of carboxylic acid groups (broad SMARTS) is 1. The van der Waals surface area contributed by atoms with Crippen LogP contribution in [0.25, 0.3) is 11.3 Å². The lowest BCUT2D eigenvalue weighted by Gasteiger charge is -2.24. The van der Waals surface area contributed by atoms with E-state index < -0.39 is 5.97 Å². The SMILES string of the molecule is C=C(C)Cc1ccc(-c2cccc(OCc3ccc(Cl)cc3F)n2)cc1.CCC1CCO1.Cc1ccc(C(=O)O)cc1C. The van der Waals surface area contributed by atoms with E-state index in [0.29, 0.717) is 28.1 Å². The van der Waals surface area contributed by atoms with Gasteiger partial charge in [-0.2, -0.15) is 0 Å². The first kappa shape index (κ1) is 33.5. The fraction of sp³-hybridized carbons (Fsp3) is 0.278. The molecule has 0 bridgehead atoms. The first-order valence-corrected chi connectivity index (χ1v) is 14.6. The Bertz CT molecular complexity index is 1510. The zero-order chi connectivity index (χ0) is 31.4. The quantitative estimate of drug-likeness (QED) is 0.203. The summed E-state index contributed by atoms with van der Waals surface area (Å²) in [7, 11) is 0. The summed E-state index contributed by atoms with van der Waals surface area (Å²) in [4.78, 5) is 15.0. The minimum absolute atomic E-state index is 0.0943. The van der Waals surface area contributed by atoms with Crippen LogP contribution in [-0.2, 0) is 17.8 Å². The molecule has 1 aromatic heterocycles. The van der Waals surface area contributed by atoms with Gasteiger partial charge >= 0.3 is 5.97 Å². The average molecular weight is 604 g/mol. The number of benzene rings is 3. The normalized spacial score (nSPS) is 13.4. The van der Waals surface area contributed by atoms with Crippen LogP contribution in [0.3, 0.4) is 0 Å². The third-order valence-electron chi connectivity index (χ3n) is 6.87. The van der Waals surface area contributed by atoms with E-state index in [1.165, 1.54) is 24.5 Å². The number of aromatic carboxylic acids is 1. The molecule has 1 N–H and O–H groups in total. The van der Waals surface area contributed by atoms with Gasteiger partial charge in [-0.05, 0) is 87.1 Å². The maximum atomic E-state index is 13.8. The maximum absolute atomic E-state index is 13.8. The Kier molecular flexibility index (Phi) is 12.9. The summed E-state index contributed by atoms with van der Waals surface area (Å²) in [6.07, 6.45) is 3.96. The largest absolute Gasteiger partial charge is 0.478 e. The van der Waals surface area contributed by atoms with Gasteiger partial charge in [-0.15, -0.1) is 0 Å². The molecule has 1 atom stereocenters. The Morgan fingerprint density at radius 3 is 2.33 bits per heavy atom. The molecule has 43 heavy (non-hydrogen) atoms. The Labute approximate surface area is 259 Å². The van der Waals surface area contributed by atoms with Gasteiger partial charge in [-0.25, -0.2) is 14.2 Å². The molecule has 5 nitrogen and oxygen atoms in total. The predicted octanol–water partition coefficient (Wildman–Crippen LogP) is 9.43. The summed E-state index contributed by atoms with van der Waals surface area (Å²) in [5.74, 6) is -0.808. The molecule has 7 heteroatoms. The molecule has 0 radical (unpaired) electrons. The molecule has 1 aliphatic heterocycles. The van der Waals surface area contributed by atoms with E-state index in [0.717, 1.165) is 41.0 Å². The number of aryl methyl sites for hydroxylation is 2. The fourth-order valence-corrected chi connectivity index (χ4v) is 4.23. The molecule has 0 aliphatic carbocycles. The van der Waals surface area contributed by atoms with Gasteiger partial charge in [-0.3, -0.25) is 0 Å². The van der Waals surface area contributed by atoms with Crippen LogP contribution in [0.5, 0.6) is 5.88 Å². The lowest BCUT2D eigenvalue weighted by Crippen LogP contribution is -2.25. The molecule has 3 aromatic carbocycles. The average Bonchev–Trinajstić information content (AvgIpc) is 2.94. The second-order valence-corrected chi connectivity index (χ2v) is 10.9. The van der Waals surface area contributed by atoms with Gasteiger partial charge in [0.2, 0.25) is 5.88 Å². The minimum Gasteiger partial charge on any atom is -0.478 e. The molecule has 5 rings (SSSR count). The van der Waals surface area contributed by atoms with Crippen LogP contribution in [0.4, 0.5) is 4.39 Å². The zero-order valence-corrected chi connectivity index (χ0v) is 26.0. The lowest BCUT2D eigenvalue weighted by molar-refractivity contribution is -0.0516. The van der Waals surface area contributed by atoms with Crippen molar-refractivity contribution in [2.45, 2.75) is 59.7 Å². The van der Waals surface area contributed by atoms with Gasteiger partial charge in [0, 0.05) is 28.8 Å². The van der Waals surface area contributed by atoms with Crippen molar-refractivity contribution in [2.24, 2.45) is 0 Å². The van der Waals surface area contributed by atoms with Crippen LogP contribution in [0.1, 0.15) is 59.3 Å². The van der Waals surface area contributed by atoms with Crippen LogP contribution in [0.15, 0.2) is 91.0 Å². The third kappa shape index (κ3) is 11.0. The third-order valence-corrected chi connectivity index (χ3v) is 7.11. The number of hydrogen-bond donors (Lipinski definition) is 1. The van der Waals surface area contributed by atoms with Crippen molar-refractivity contribution in [3.05, 3.63) is 130 Å². The number of rotatable bonds is 8. The molecule has 1 aliphatic rings. The fourth-order valence-electron chi connectivity index (χ4n) is 4.07. The number of ether oxygens (including phenoxy) is 2. The van der Waals surface area contributed by atoms with Crippen LogP contribution in [-0.4, -0.2) is 28.8 Å². The number of carboxylic acids is 1. The van der Waals surface area contributed by atoms with Crippen molar-refractivity contribution in [1.82, 2.24) is 4.98 Å². The first-order valence-electron chi connectivity index (χ1n) is 14.2. The van der Waals surface area contributed by atoms with E-state index >= 15 is 0 Å². The van der Waals surface area contributed by atoms with Crippen LogP contribution >= 0.6 is 11.6 Å². The molecule has 1 fully saturated rings. The monoisotopic (exact) mass is 603 g/mol. The second-order valence-electron chi connectivity index (χ2n) is 10.5. The topological polar surface area (TPSA) is 68.7 Å². The van der Waals surface area contributed by atoms with E-state index in [9.17, 15) is 9.18 Å². The molecule has 1 saturated heterocycles. The Hall–Kier alpha value is -4.00. The molecule has 0 saturated carbocycles. The molecule has 4 aromatic rings. The summed E-state index contributed by atoms with van der Waals surface area (Å²) >= 11 is 5.76. The van der Waals surface area contributed by atoms with E-state index in [2.05, 4.69) is 30.6 Å². The van der Waals surface area contributed by atoms with Gasteiger partial charge in [-0.1, -0.05) is 73.1 Å². The van der Waals surface area contributed by atoms with Gasteiger partial charge in [0.05, 0.1) is 17.4 Å².